The summed E-state index contributed by atoms with van der Waals surface area (Å²) in [6.45, 7) is 0. The number of halogens is 1. The third kappa shape index (κ3) is 1.74. The zero-order valence-electron chi connectivity index (χ0n) is 6.12. The summed E-state index contributed by atoms with van der Waals surface area (Å²) in [4.78, 5) is 0. The summed E-state index contributed by atoms with van der Waals surface area (Å²) in [5.41, 5.74) is -0.0963. The summed E-state index contributed by atoms with van der Waals surface area (Å²) in [6, 6.07) is 5.34. The second-order valence-electron chi connectivity index (χ2n) is 2.03. The molecule has 1 N–H and O–H groups in total. The molecule has 5 heteroatoms. The number of hydrogen-bond acceptors (Lipinski definition) is 3. The quantitative estimate of drug-likeness (QED) is 0.642. The van der Waals surface area contributed by atoms with Crippen molar-refractivity contribution in [3.63, 3.8) is 0 Å². The lowest BCUT2D eigenvalue weighted by Crippen LogP contribution is -2.00. The molecule has 0 radical (unpaired) electrons. The molecule has 0 unspecified atom stereocenters. The van der Waals surface area contributed by atoms with E-state index < -0.39 is 13.5 Å². The minimum absolute atomic E-state index is 0.0963. The van der Waals surface area contributed by atoms with Gasteiger partial charge in [-0.15, -0.1) is 0 Å². The summed E-state index contributed by atoms with van der Waals surface area (Å²) < 4.78 is 17.3. The van der Waals surface area contributed by atoms with Crippen molar-refractivity contribution in [1.29, 1.82) is 5.26 Å². The SMILES string of the molecule is N#Cc1cc(OBO)ccc1F. The summed E-state index contributed by atoms with van der Waals surface area (Å²) in [5, 5.41) is 16.8. The number of nitrogens with zero attached hydrogens (tertiary/aromatic N) is 1. The van der Waals surface area contributed by atoms with Gasteiger partial charge in [0.05, 0.1) is 5.56 Å². The van der Waals surface area contributed by atoms with Crippen LogP contribution in [0.5, 0.6) is 5.75 Å². The van der Waals surface area contributed by atoms with Crippen LogP contribution in [0, 0.1) is 17.1 Å². The molecule has 0 aliphatic heterocycles. The Labute approximate surface area is 69.3 Å². The Bertz CT molecular complexity index is 324. The fourth-order valence-corrected chi connectivity index (χ4v) is 0.754. The highest BCUT2D eigenvalue weighted by Crippen LogP contribution is 2.15. The Morgan fingerprint density at radius 2 is 2.33 bits per heavy atom. The Hall–Kier alpha value is -1.54. The molecule has 0 aromatic heterocycles. The van der Waals surface area contributed by atoms with Gasteiger partial charge in [0.2, 0.25) is 0 Å². The summed E-state index contributed by atoms with van der Waals surface area (Å²) in [6.07, 6.45) is 0. The lowest BCUT2D eigenvalue weighted by molar-refractivity contribution is 0.452. The summed E-state index contributed by atoms with van der Waals surface area (Å²) >= 11 is 0. The van der Waals surface area contributed by atoms with E-state index in [2.05, 4.69) is 4.65 Å². The first-order valence-electron chi connectivity index (χ1n) is 3.21. The predicted molar refractivity (Wildman–Crippen MR) is 41.1 cm³/mol. The van der Waals surface area contributed by atoms with Crippen LogP contribution in [0.4, 0.5) is 4.39 Å². The van der Waals surface area contributed by atoms with E-state index in [1.807, 2.05) is 0 Å². The van der Waals surface area contributed by atoms with Gasteiger partial charge in [-0.2, -0.15) is 5.26 Å². The largest absolute Gasteiger partial charge is 0.539 e. The van der Waals surface area contributed by atoms with Crippen molar-refractivity contribution < 1.29 is 14.1 Å². The van der Waals surface area contributed by atoms with Crippen LogP contribution in [0.2, 0.25) is 0 Å². The fraction of sp³-hybridized carbons (Fsp3) is 0. The fourth-order valence-electron chi connectivity index (χ4n) is 0.754. The van der Waals surface area contributed by atoms with Crippen molar-refractivity contribution in [3.05, 3.63) is 29.6 Å². The molecule has 0 fully saturated rings. The second-order valence-corrected chi connectivity index (χ2v) is 2.03. The standard InChI is InChI=1S/C7H5BFNO2/c9-7-2-1-6(12-8-11)3-5(7)4-10/h1-3,8,11H. The first-order valence-corrected chi connectivity index (χ1v) is 3.21. The van der Waals surface area contributed by atoms with Crippen molar-refractivity contribution in [3.8, 4) is 11.8 Å². The summed E-state index contributed by atoms with van der Waals surface area (Å²) in [7, 11) is -0.490. The molecule has 12 heavy (non-hydrogen) atoms. The monoisotopic (exact) mass is 165 g/mol. The van der Waals surface area contributed by atoms with Gasteiger partial charge >= 0.3 is 7.69 Å². The van der Waals surface area contributed by atoms with Crippen LogP contribution in [-0.2, 0) is 0 Å². The molecule has 0 bridgehead atoms. The van der Waals surface area contributed by atoms with Crippen LogP contribution >= 0.6 is 0 Å². The van der Waals surface area contributed by atoms with Gasteiger partial charge in [-0.3, -0.25) is 0 Å². The first-order chi connectivity index (χ1) is 5.77. The second kappa shape index (κ2) is 3.74. The topological polar surface area (TPSA) is 53.2 Å². The number of nitriles is 1. The van der Waals surface area contributed by atoms with Crippen molar-refractivity contribution >= 4 is 7.69 Å². The molecule has 0 amide bonds. The van der Waals surface area contributed by atoms with Crippen LogP contribution in [0.15, 0.2) is 18.2 Å². The lowest BCUT2D eigenvalue weighted by atomic mass is 10.2. The zero-order chi connectivity index (χ0) is 8.97. The normalized spacial score (nSPS) is 8.75. The zero-order valence-corrected chi connectivity index (χ0v) is 6.12. The Balaban J connectivity index is 2.99. The molecular weight excluding hydrogens is 160 g/mol. The van der Waals surface area contributed by atoms with Gasteiger partial charge in [0.1, 0.15) is 17.6 Å². The van der Waals surface area contributed by atoms with E-state index in [1.165, 1.54) is 12.1 Å². The Morgan fingerprint density at radius 1 is 1.58 bits per heavy atom. The van der Waals surface area contributed by atoms with E-state index in [-0.39, 0.29) is 11.3 Å². The van der Waals surface area contributed by atoms with E-state index in [1.54, 1.807) is 6.07 Å². The Morgan fingerprint density at radius 3 is 2.92 bits per heavy atom. The molecule has 1 aromatic carbocycles. The van der Waals surface area contributed by atoms with E-state index >= 15 is 0 Å². The maximum atomic E-state index is 12.7. The average Bonchev–Trinajstić information content (AvgIpc) is 2.09. The van der Waals surface area contributed by atoms with Crippen molar-refractivity contribution in [2.75, 3.05) is 0 Å². The minimum atomic E-state index is -0.595. The highest BCUT2D eigenvalue weighted by molar-refractivity contribution is 6.17. The maximum absolute atomic E-state index is 12.7. The van der Waals surface area contributed by atoms with Gasteiger partial charge < -0.3 is 9.68 Å². The first kappa shape index (κ1) is 8.56. The highest BCUT2D eigenvalue weighted by Gasteiger charge is 2.02. The third-order valence-corrected chi connectivity index (χ3v) is 1.29. The smallest absolute Gasteiger partial charge is 0.504 e. The third-order valence-electron chi connectivity index (χ3n) is 1.29. The molecule has 0 spiro atoms. The molecule has 1 rings (SSSR count). The van der Waals surface area contributed by atoms with E-state index in [9.17, 15) is 4.39 Å². The van der Waals surface area contributed by atoms with Crippen molar-refractivity contribution in [2.45, 2.75) is 0 Å². The molecule has 0 aliphatic rings. The molecule has 60 valence electrons. The number of benzene rings is 1. The van der Waals surface area contributed by atoms with Crippen molar-refractivity contribution in [1.82, 2.24) is 0 Å². The molecule has 0 atom stereocenters. The molecule has 1 aromatic rings. The Kier molecular flexibility index (Phi) is 2.67. The van der Waals surface area contributed by atoms with Gasteiger partial charge in [-0.25, -0.2) is 4.39 Å². The minimum Gasteiger partial charge on any atom is -0.539 e. The molecule has 0 aliphatic carbocycles. The molecule has 3 nitrogen and oxygen atoms in total. The molecule has 0 heterocycles. The predicted octanol–water partition coefficient (Wildman–Crippen LogP) is 0.335. The van der Waals surface area contributed by atoms with Crippen LogP contribution < -0.4 is 4.65 Å². The van der Waals surface area contributed by atoms with Crippen LogP contribution in [0.25, 0.3) is 0 Å². The van der Waals surface area contributed by atoms with Crippen LogP contribution in [-0.4, -0.2) is 12.7 Å². The highest BCUT2D eigenvalue weighted by atomic mass is 19.1. The number of hydrogen-bond donors (Lipinski definition) is 1. The van der Waals surface area contributed by atoms with Crippen molar-refractivity contribution in [2.24, 2.45) is 0 Å². The molecule has 0 saturated heterocycles. The molecule has 0 saturated carbocycles. The van der Waals surface area contributed by atoms with Gasteiger partial charge in [0.15, 0.2) is 0 Å². The van der Waals surface area contributed by atoms with Crippen LogP contribution in [0.1, 0.15) is 5.56 Å². The number of rotatable bonds is 2. The van der Waals surface area contributed by atoms with Crippen LogP contribution in [0.3, 0.4) is 0 Å². The van der Waals surface area contributed by atoms with E-state index in [0.29, 0.717) is 0 Å². The average molecular weight is 165 g/mol. The summed E-state index contributed by atoms with van der Waals surface area (Å²) in [5.74, 6) is -0.321. The van der Waals surface area contributed by atoms with Gasteiger partial charge in [-0.05, 0) is 18.2 Å². The van der Waals surface area contributed by atoms with E-state index in [4.69, 9.17) is 10.3 Å². The van der Waals surface area contributed by atoms with Gasteiger partial charge in [0, 0.05) is 0 Å². The van der Waals surface area contributed by atoms with Gasteiger partial charge in [0.25, 0.3) is 0 Å². The lowest BCUT2D eigenvalue weighted by Gasteiger charge is -2.01. The molecular formula is C7H5BFNO2. The van der Waals surface area contributed by atoms with Gasteiger partial charge in [-0.1, -0.05) is 0 Å². The maximum Gasteiger partial charge on any atom is 0.504 e. The van der Waals surface area contributed by atoms with E-state index in [0.717, 1.165) is 6.07 Å².